The first-order chi connectivity index (χ1) is 18.3. The number of hydrogen-bond acceptors (Lipinski definition) is 14. The van der Waals surface area contributed by atoms with Crippen LogP contribution in [0.5, 0.6) is 5.88 Å². The number of rotatable bonds is 4. The lowest BCUT2D eigenvalue weighted by atomic mass is 10.1. The second kappa shape index (κ2) is 10.7. The zero-order chi connectivity index (χ0) is 27.1. The molecule has 0 amide bonds. The van der Waals surface area contributed by atoms with Gasteiger partial charge in [-0.25, -0.2) is 24.9 Å². The molecule has 6 rings (SSSR count). The number of nitrogen functional groups attached to an aromatic ring is 1. The number of aliphatic hydroxyl groups excluding tert-OH is 4. The minimum Gasteiger partial charge on any atom is -0.492 e. The summed E-state index contributed by atoms with van der Waals surface area (Å²) >= 11 is 11.3. The van der Waals surface area contributed by atoms with Gasteiger partial charge in [-0.05, 0) is 0 Å². The predicted molar refractivity (Wildman–Crippen MR) is 130 cm³/mol. The maximum Gasteiger partial charge on any atom is 0.242 e. The Kier molecular flexibility index (Phi) is 7.47. The molecule has 38 heavy (non-hydrogen) atoms. The molecule has 204 valence electrons. The van der Waals surface area contributed by atoms with Crippen molar-refractivity contribution in [1.29, 1.82) is 0 Å². The van der Waals surface area contributed by atoms with Crippen molar-refractivity contribution in [2.45, 2.75) is 49.1 Å². The lowest BCUT2D eigenvalue weighted by Gasteiger charge is -2.16. The molecule has 18 heteroatoms. The number of imidazole rings is 2. The van der Waals surface area contributed by atoms with Crippen LogP contribution in [-0.2, 0) is 9.47 Å². The number of nitrogens with zero attached hydrogens (tertiary/aromatic N) is 8. The Morgan fingerprint density at radius 1 is 0.711 bits per heavy atom. The van der Waals surface area contributed by atoms with Crippen molar-refractivity contribution in [1.82, 2.24) is 39.0 Å². The van der Waals surface area contributed by atoms with Crippen LogP contribution in [0.2, 0.25) is 0 Å². The summed E-state index contributed by atoms with van der Waals surface area (Å²) in [5.74, 6) is 0.122. The molecule has 7 N–H and O–H groups in total. The highest BCUT2D eigenvalue weighted by Crippen LogP contribution is 2.33. The van der Waals surface area contributed by atoms with Crippen LogP contribution in [0.25, 0.3) is 22.3 Å². The van der Waals surface area contributed by atoms with Crippen LogP contribution in [0.4, 0.5) is 5.82 Å². The fourth-order valence-electron chi connectivity index (χ4n) is 4.25. The SMILES string of the molecule is Nc1ncnc2c1ncn2[C@@H]1O[C@H](CCl)[C@@H](O)[C@H]1O.Oc1ncnc2c1ncn2[C@@H]1O[C@H](CCl)[C@@H](O)[C@H]1O. The van der Waals surface area contributed by atoms with E-state index < -0.39 is 49.1 Å². The van der Waals surface area contributed by atoms with Gasteiger partial charge in [-0.15, -0.1) is 23.2 Å². The number of alkyl halides is 2. The number of halogens is 2. The van der Waals surface area contributed by atoms with Gasteiger partial charge in [-0.3, -0.25) is 9.13 Å². The summed E-state index contributed by atoms with van der Waals surface area (Å²) in [5, 5.41) is 49.1. The van der Waals surface area contributed by atoms with Crippen LogP contribution in [-0.4, -0.2) is 113 Å². The van der Waals surface area contributed by atoms with E-state index in [-0.39, 0.29) is 29.0 Å². The van der Waals surface area contributed by atoms with Crippen molar-refractivity contribution in [3.05, 3.63) is 25.3 Å². The summed E-state index contributed by atoms with van der Waals surface area (Å²) in [6, 6.07) is 0. The molecule has 4 aromatic heterocycles. The number of aromatic hydroxyl groups is 1. The van der Waals surface area contributed by atoms with Gasteiger partial charge in [0.1, 0.15) is 54.8 Å². The molecular formula is C20H23Cl2N9O7. The number of fused-ring (bicyclic) bond motifs is 2. The van der Waals surface area contributed by atoms with Crippen LogP contribution in [0, 0.1) is 0 Å². The minimum atomic E-state index is -1.15. The second-order valence-electron chi connectivity index (χ2n) is 8.51. The predicted octanol–water partition coefficient (Wildman–Crippen LogP) is -1.34. The van der Waals surface area contributed by atoms with Gasteiger partial charge in [0, 0.05) is 0 Å². The largest absolute Gasteiger partial charge is 0.492 e. The fraction of sp³-hybridized carbons (Fsp3) is 0.500. The van der Waals surface area contributed by atoms with Crippen molar-refractivity contribution >= 4 is 51.3 Å². The third-order valence-electron chi connectivity index (χ3n) is 6.25. The standard InChI is InChI=1S/C10H12ClN5O3.C10H11ClN4O4/c11-1-4-6(17)7(18)10(19-4)16-3-15-5-8(12)13-2-14-9(5)16;11-1-4-6(16)7(17)10(19-4)15-3-14-5-8(15)12-2-13-9(5)18/h2-4,6-7,10,17-18H,1H2,(H2,12,13,14);2-4,6-7,10,16-17H,1H2,(H,12,13,18)/t2*4-,6-,7-,10-/m11/s1. The molecule has 2 aliphatic heterocycles. The van der Waals surface area contributed by atoms with Crippen LogP contribution in [0.3, 0.4) is 0 Å². The number of aromatic nitrogens is 8. The Morgan fingerprint density at radius 2 is 1.18 bits per heavy atom. The first-order valence-corrected chi connectivity index (χ1v) is 12.3. The summed E-state index contributed by atoms with van der Waals surface area (Å²) in [6.45, 7) is 0. The number of aliphatic hydroxyl groups is 4. The highest BCUT2D eigenvalue weighted by molar-refractivity contribution is 6.18. The van der Waals surface area contributed by atoms with Gasteiger partial charge >= 0.3 is 0 Å². The molecule has 0 saturated carbocycles. The highest BCUT2D eigenvalue weighted by Gasteiger charge is 2.45. The third kappa shape index (κ3) is 4.48. The Labute approximate surface area is 223 Å². The molecule has 8 atom stereocenters. The van der Waals surface area contributed by atoms with E-state index in [0.29, 0.717) is 16.8 Å². The molecule has 0 unspecified atom stereocenters. The fourth-order valence-corrected chi connectivity index (χ4v) is 4.77. The average Bonchev–Trinajstić information content (AvgIpc) is 3.67. The zero-order valence-corrected chi connectivity index (χ0v) is 20.8. The van der Waals surface area contributed by atoms with Crippen LogP contribution in [0.1, 0.15) is 12.5 Å². The molecule has 0 radical (unpaired) electrons. The molecule has 0 aliphatic carbocycles. The van der Waals surface area contributed by atoms with E-state index in [4.69, 9.17) is 38.4 Å². The maximum atomic E-state index is 10.0. The summed E-state index contributed by atoms with van der Waals surface area (Å²) in [5.41, 5.74) is 7.03. The molecule has 6 heterocycles. The van der Waals surface area contributed by atoms with Crippen molar-refractivity contribution in [2.24, 2.45) is 0 Å². The molecule has 16 nitrogen and oxygen atoms in total. The van der Waals surface area contributed by atoms with Gasteiger partial charge in [-0.2, -0.15) is 4.98 Å². The second-order valence-corrected chi connectivity index (χ2v) is 9.12. The number of ether oxygens (including phenoxy) is 2. The Balaban J connectivity index is 0.000000155. The molecule has 2 aliphatic rings. The molecule has 4 aromatic rings. The molecule has 0 bridgehead atoms. The first-order valence-electron chi connectivity index (χ1n) is 11.2. The van der Waals surface area contributed by atoms with Gasteiger partial charge in [0.05, 0.1) is 24.4 Å². The van der Waals surface area contributed by atoms with Gasteiger partial charge < -0.3 is 40.7 Å². The van der Waals surface area contributed by atoms with Crippen molar-refractivity contribution in [3.8, 4) is 5.88 Å². The van der Waals surface area contributed by atoms with E-state index in [1.54, 1.807) is 0 Å². The van der Waals surface area contributed by atoms with Crippen molar-refractivity contribution in [3.63, 3.8) is 0 Å². The molecule has 2 saturated heterocycles. The van der Waals surface area contributed by atoms with Crippen LogP contribution in [0.15, 0.2) is 25.3 Å². The molecule has 0 spiro atoms. The van der Waals surface area contributed by atoms with E-state index >= 15 is 0 Å². The summed E-state index contributed by atoms with van der Waals surface area (Å²) in [7, 11) is 0. The zero-order valence-electron chi connectivity index (χ0n) is 19.3. The van der Waals surface area contributed by atoms with E-state index in [1.807, 2.05) is 0 Å². The van der Waals surface area contributed by atoms with Crippen LogP contribution >= 0.6 is 23.2 Å². The lowest BCUT2D eigenvalue weighted by Crippen LogP contribution is -2.32. The van der Waals surface area contributed by atoms with E-state index in [0.717, 1.165) is 0 Å². The number of nitrogens with two attached hydrogens (primary N) is 1. The summed E-state index contributed by atoms with van der Waals surface area (Å²) < 4.78 is 13.9. The quantitative estimate of drug-likeness (QED) is 0.155. The topological polar surface area (TPSA) is 233 Å². The lowest BCUT2D eigenvalue weighted by molar-refractivity contribution is -0.0292. The minimum absolute atomic E-state index is 0.0571. The summed E-state index contributed by atoms with van der Waals surface area (Å²) in [4.78, 5) is 23.5. The smallest absolute Gasteiger partial charge is 0.242 e. The highest BCUT2D eigenvalue weighted by atomic mass is 35.5. The normalized spacial score (nSPS) is 31.1. The van der Waals surface area contributed by atoms with Gasteiger partial charge in [0.2, 0.25) is 5.88 Å². The van der Waals surface area contributed by atoms with Gasteiger partial charge in [-0.1, -0.05) is 0 Å². The molecule has 0 aromatic carbocycles. The molecular weight excluding hydrogens is 549 g/mol. The van der Waals surface area contributed by atoms with Gasteiger partial charge in [0.25, 0.3) is 0 Å². The van der Waals surface area contributed by atoms with Gasteiger partial charge in [0.15, 0.2) is 35.1 Å². The molecule has 2 fully saturated rings. The number of anilines is 1. The number of hydrogen-bond donors (Lipinski definition) is 6. The Hall–Kier alpha value is -2.96. The Morgan fingerprint density at radius 3 is 1.68 bits per heavy atom. The average molecular weight is 572 g/mol. The van der Waals surface area contributed by atoms with Crippen molar-refractivity contribution < 1.29 is 35.0 Å². The summed E-state index contributed by atoms with van der Waals surface area (Å²) in [6.07, 6.45) is -2.13. The third-order valence-corrected chi connectivity index (χ3v) is 6.86. The van der Waals surface area contributed by atoms with E-state index in [1.165, 1.54) is 34.4 Å². The van der Waals surface area contributed by atoms with E-state index in [2.05, 4.69) is 29.9 Å². The van der Waals surface area contributed by atoms with Crippen LogP contribution < -0.4 is 5.73 Å². The maximum absolute atomic E-state index is 10.0. The van der Waals surface area contributed by atoms with E-state index in [9.17, 15) is 25.5 Å². The van der Waals surface area contributed by atoms with Crippen molar-refractivity contribution in [2.75, 3.05) is 17.5 Å². The Bertz CT molecular complexity index is 1320. The monoisotopic (exact) mass is 571 g/mol. The first kappa shape index (κ1) is 26.6.